The largest absolute Gasteiger partial charge is 0.478 e. The molecule has 0 aliphatic carbocycles. The van der Waals surface area contributed by atoms with Crippen LogP contribution in [-0.4, -0.2) is 11.1 Å². The molecule has 1 aromatic rings. The van der Waals surface area contributed by atoms with Gasteiger partial charge in [-0.2, -0.15) is 0 Å². The normalized spacial score (nSPS) is 9.80. The number of carboxylic acids is 1. The molecular weight excluding hydrogens is 216 g/mol. The van der Waals surface area contributed by atoms with Crippen molar-refractivity contribution >= 4 is 33.2 Å². The van der Waals surface area contributed by atoms with Crippen LogP contribution in [0.4, 0.5) is 0 Å². The Morgan fingerprint density at radius 3 is 2.60 bits per heavy atom. The molecule has 0 saturated heterocycles. The minimum atomic E-state index is -0.870. The minimum Gasteiger partial charge on any atom is -0.478 e. The van der Waals surface area contributed by atoms with Crippen molar-refractivity contribution in [2.24, 2.45) is 0 Å². The molecule has 0 bridgehead atoms. The molecule has 0 aliphatic heterocycles. The van der Waals surface area contributed by atoms with Crippen LogP contribution in [0.3, 0.4) is 0 Å². The number of thiophene rings is 1. The highest BCUT2D eigenvalue weighted by Gasteiger charge is 2.12. The van der Waals surface area contributed by atoms with Gasteiger partial charge in [0.1, 0.15) is 0 Å². The second kappa shape index (κ2) is 2.72. The van der Waals surface area contributed by atoms with E-state index in [1.807, 2.05) is 5.38 Å². The number of hydrogen-bond acceptors (Lipinski definition) is 2. The molecule has 1 heterocycles. The maximum absolute atomic E-state index is 10.5. The zero-order chi connectivity index (χ0) is 7.72. The number of aromatic carboxylic acids is 1. The summed E-state index contributed by atoms with van der Waals surface area (Å²) in [5, 5.41) is 10.4. The van der Waals surface area contributed by atoms with Crippen molar-refractivity contribution in [2.45, 2.75) is 6.92 Å². The molecule has 0 aliphatic rings. The van der Waals surface area contributed by atoms with Gasteiger partial charge in [-0.3, -0.25) is 0 Å². The summed E-state index contributed by atoms with van der Waals surface area (Å²) < 4.78 is 0.692. The molecule has 10 heavy (non-hydrogen) atoms. The number of aryl methyl sites for hydroxylation is 1. The Hall–Kier alpha value is -0.350. The molecule has 0 unspecified atom stereocenters. The van der Waals surface area contributed by atoms with E-state index in [0.717, 1.165) is 5.56 Å². The van der Waals surface area contributed by atoms with E-state index in [1.54, 1.807) is 6.92 Å². The Bertz CT molecular complexity index is 247. The predicted molar refractivity (Wildman–Crippen MR) is 43.7 cm³/mol. The van der Waals surface area contributed by atoms with Crippen LogP contribution in [0.5, 0.6) is 0 Å². The average molecular weight is 221 g/mol. The molecular formula is C6H5BrO2S. The van der Waals surface area contributed by atoms with Crippen molar-refractivity contribution in [1.82, 2.24) is 0 Å². The highest BCUT2D eigenvalue weighted by Crippen LogP contribution is 2.27. The number of hydrogen-bond donors (Lipinski definition) is 1. The number of carboxylic acid groups (broad SMARTS) is 1. The summed E-state index contributed by atoms with van der Waals surface area (Å²) in [5.74, 6) is -0.870. The summed E-state index contributed by atoms with van der Waals surface area (Å²) in [6.45, 7) is 1.78. The van der Waals surface area contributed by atoms with Crippen LogP contribution in [-0.2, 0) is 0 Å². The van der Waals surface area contributed by atoms with Gasteiger partial charge < -0.3 is 5.11 Å². The monoisotopic (exact) mass is 220 g/mol. The summed E-state index contributed by atoms with van der Waals surface area (Å²) in [6, 6.07) is 0. The molecule has 0 spiro atoms. The first-order valence-electron chi connectivity index (χ1n) is 2.60. The van der Waals surface area contributed by atoms with E-state index < -0.39 is 5.97 Å². The Balaban J connectivity index is 3.23. The van der Waals surface area contributed by atoms with Crippen molar-refractivity contribution in [3.63, 3.8) is 0 Å². The smallest absolute Gasteiger partial charge is 0.337 e. The highest BCUT2D eigenvalue weighted by molar-refractivity contribution is 9.11. The summed E-state index contributed by atoms with van der Waals surface area (Å²) in [5.41, 5.74) is 1.19. The molecule has 0 amide bonds. The number of rotatable bonds is 1. The van der Waals surface area contributed by atoms with Gasteiger partial charge in [0.2, 0.25) is 0 Å². The minimum absolute atomic E-state index is 0.380. The van der Waals surface area contributed by atoms with Crippen LogP contribution in [0, 0.1) is 6.92 Å². The zero-order valence-corrected chi connectivity index (χ0v) is 7.62. The molecule has 4 heteroatoms. The van der Waals surface area contributed by atoms with E-state index in [-0.39, 0.29) is 0 Å². The number of carbonyl (C=O) groups is 1. The standard InChI is InChI=1S/C6H5BrO2S/c1-3-2-10-5(7)4(3)6(8)9/h2H,1H3,(H,8,9). The first kappa shape index (κ1) is 7.75. The van der Waals surface area contributed by atoms with Gasteiger partial charge in [-0.1, -0.05) is 0 Å². The maximum atomic E-state index is 10.5. The lowest BCUT2D eigenvalue weighted by Crippen LogP contribution is -1.96. The van der Waals surface area contributed by atoms with Gasteiger partial charge >= 0.3 is 5.97 Å². The Kier molecular flexibility index (Phi) is 2.11. The molecule has 54 valence electrons. The summed E-state index contributed by atoms with van der Waals surface area (Å²) >= 11 is 4.55. The van der Waals surface area contributed by atoms with Crippen molar-refractivity contribution in [3.8, 4) is 0 Å². The third kappa shape index (κ3) is 1.22. The average Bonchev–Trinajstić information content (AvgIpc) is 2.11. The third-order valence-corrected chi connectivity index (χ3v) is 2.98. The van der Waals surface area contributed by atoms with Crippen LogP contribution in [0.1, 0.15) is 15.9 Å². The van der Waals surface area contributed by atoms with Crippen LogP contribution in [0.15, 0.2) is 9.17 Å². The van der Waals surface area contributed by atoms with Crippen molar-refractivity contribution in [1.29, 1.82) is 0 Å². The van der Waals surface area contributed by atoms with Gasteiger partial charge in [0, 0.05) is 0 Å². The van der Waals surface area contributed by atoms with E-state index in [9.17, 15) is 4.79 Å². The predicted octanol–water partition coefficient (Wildman–Crippen LogP) is 2.52. The molecule has 0 atom stereocenters. The molecule has 2 nitrogen and oxygen atoms in total. The van der Waals surface area contributed by atoms with Crippen molar-refractivity contribution in [3.05, 3.63) is 20.3 Å². The highest BCUT2D eigenvalue weighted by atomic mass is 79.9. The first-order chi connectivity index (χ1) is 4.63. The Morgan fingerprint density at radius 2 is 2.40 bits per heavy atom. The fraction of sp³-hybridized carbons (Fsp3) is 0.167. The van der Waals surface area contributed by atoms with E-state index in [1.165, 1.54) is 11.3 Å². The van der Waals surface area contributed by atoms with Gasteiger partial charge in [-0.25, -0.2) is 4.79 Å². The van der Waals surface area contributed by atoms with Crippen molar-refractivity contribution < 1.29 is 9.90 Å². The van der Waals surface area contributed by atoms with E-state index in [0.29, 0.717) is 9.35 Å². The van der Waals surface area contributed by atoms with Crippen LogP contribution in [0.25, 0.3) is 0 Å². The van der Waals surface area contributed by atoms with E-state index in [2.05, 4.69) is 15.9 Å². The molecule has 0 saturated carbocycles. The van der Waals surface area contributed by atoms with Gasteiger partial charge in [-0.15, -0.1) is 11.3 Å². The Labute approximate surface area is 70.6 Å². The van der Waals surface area contributed by atoms with Gasteiger partial charge in [0.05, 0.1) is 9.35 Å². The molecule has 0 fully saturated rings. The molecule has 0 aromatic carbocycles. The topological polar surface area (TPSA) is 37.3 Å². The lowest BCUT2D eigenvalue weighted by molar-refractivity contribution is 0.0696. The van der Waals surface area contributed by atoms with Crippen molar-refractivity contribution in [2.75, 3.05) is 0 Å². The van der Waals surface area contributed by atoms with Gasteiger partial charge in [0.25, 0.3) is 0 Å². The lowest BCUT2D eigenvalue weighted by Gasteiger charge is -1.90. The molecule has 1 N–H and O–H groups in total. The van der Waals surface area contributed by atoms with Gasteiger partial charge in [-0.05, 0) is 33.8 Å². The summed E-state index contributed by atoms with van der Waals surface area (Å²) in [6.07, 6.45) is 0. The lowest BCUT2D eigenvalue weighted by atomic mass is 10.2. The number of halogens is 1. The fourth-order valence-electron chi connectivity index (χ4n) is 0.666. The van der Waals surface area contributed by atoms with E-state index in [4.69, 9.17) is 5.11 Å². The molecule has 0 radical (unpaired) electrons. The van der Waals surface area contributed by atoms with Crippen LogP contribution >= 0.6 is 27.3 Å². The molecule has 1 rings (SSSR count). The van der Waals surface area contributed by atoms with E-state index >= 15 is 0 Å². The maximum Gasteiger partial charge on any atom is 0.337 e. The Morgan fingerprint density at radius 1 is 1.80 bits per heavy atom. The van der Waals surface area contributed by atoms with Gasteiger partial charge in [0.15, 0.2) is 0 Å². The SMILES string of the molecule is Cc1csc(Br)c1C(=O)O. The van der Waals surface area contributed by atoms with Crippen LogP contribution < -0.4 is 0 Å². The van der Waals surface area contributed by atoms with Crippen LogP contribution in [0.2, 0.25) is 0 Å². The quantitative estimate of drug-likeness (QED) is 0.790. The molecule has 1 aromatic heterocycles. The second-order valence-electron chi connectivity index (χ2n) is 1.87. The summed E-state index contributed by atoms with van der Waals surface area (Å²) in [4.78, 5) is 10.5. The zero-order valence-electron chi connectivity index (χ0n) is 5.22. The first-order valence-corrected chi connectivity index (χ1v) is 4.27. The fourth-order valence-corrected chi connectivity index (χ4v) is 2.19. The second-order valence-corrected chi connectivity index (χ2v) is 4.07. The third-order valence-electron chi connectivity index (χ3n) is 1.14. The summed E-state index contributed by atoms with van der Waals surface area (Å²) in [7, 11) is 0.